The van der Waals surface area contributed by atoms with Crippen LogP contribution >= 0.6 is 12.4 Å². The van der Waals surface area contributed by atoms with Crippen LogP contribution in [0.5, 0.6) is 0 Å². The zero-order chi connectivity index (χ0) is 10.6. The SMILES string of the molecule is CC(=NN=C(N)N)c1ccc(F)cc1.Cl. The molecule has 15 heavy (non-hydrogen) atoms. The molecule has 0 bridgehead atoms. The van der Waals surface area contributed by atoms with Gasteiger partial charge in [0.2, 0.25) is 5.96 Å². The van der Waals surface area contributed by atoms with Crippen LogP contribution in [0.2, 0.25) is 0 Å². The number of guanidine groups is 1. The van der Waals surface area contributed by atoms with Crippen molar-refractivity contribution in [3.05, 3.63) is 35.6 Å². The van der Waals surface area contributed by atoms with E-state index in [-0.39, 0.29) is 24.2 Å². The van der Waals surface area contributed by atoms with Crippen LogP contribution in [0.4, 0.5) is 4.39 Å². The summed E-state index contributed by atoms with van der Waals surface area (Å²) >= 11 is 0. The minimum atomic E-state index is -0.289. The first-order chi connectivity index (χ1) is 6.59. The van der Waals surface area contributed by atoms with E-state index in [1.807, 2.05) is 0 Å². The normalized spacial score (nSPS) is 10.4. The van der Waals surface area contributed by atoms with Crippen molar-refractivity contribution in [2.24, 2.45) is 21.7 Å². The number of hydrogen-bond acceptors (Lipinski definition) is 2. The zero-order valence-corrected chi connectivity index (χ0v) is 8.96. The van der Waals surface area contributed by atoms with Crippen LogP contribution in [-0.4, -0.2) is 11.7 Å². The summed E-state index contributed by atoms with van der Waals surface area (Å²) < 4.78 is 12.6. The Balaban J connectivity index is 0.00000196. The Morgan fingerprint density at radius 1 is 1.13 bits per heavy atom. The van der Waals surface area contributed by atoms with Crippen molar-refractivity contribution in [3.8, 4) is 0 Å². The second kappa shape index (κ2) is 5.98. The highest BCUT2D eigenvalue weighted by Gasteiger charge is 1.96. The molecule has 1 rings (SSSR count). The minimum Gasteiger partial charge on any atom is -0.369 e. The summed E-state index contributed by atoms with van der Waals surface area (Å²) in [6, 6.07) is 5.92. The number of nitrogens with zero attached hydrogens (tertiary/aromatic N) is 2. The largest absolute Gasteiger partial charge is 0.369 e. The Labute approximate surface area is 93.3 Å². The Kier molecular flexibility index (Phi) is 5.33. The van der Waals surface area contributed by atoms with Crippen molar-refractivity contribution < 1.29 is 4.39 Å². The molecule has 6 heteroatoms. The number of benzene rings is 1. The van der Waals surface area contributed by atoms with Crippen LogP contribution in [0.1, 0.15) is 12.5 Å². The van der Waals surface area contributed by atoms with Crippen LogP contribution in [-0.2, 0) is 0 Å². The number of hydrogen-bond donors (Lipinski definition) is 2. The Bertz CT molecular complexity index is 368. The van der Waals surface area contributed by atoms with Crippen LogP contribution in [0.15, 0.2) is 34.5 Å². The van der Waals surface area contributed by atoms with Crippen LogP contribution in [0.3, 0.4) is 0 Å². The minimum absolute atomic E-state index is 0. The van der Waals surface area contributed by atoms with Gasteiger partial charge in [0.1, 0.15) is 5.82 Å². The summed E-state index contributed by atoms with van der Waals surface area (Å²) in [6.07, 6.45) is 0. The summed E-state index contributed by atoms with van der Waals surface area (Å²) in [7, 11) is 0. The fraction of sp³-hybridized carbons (Fsp3) is 0.111. The molecule has 0 aromatic heterocycles. The van der Waals surface area contributed by atoms with Gasteiger partial charge in [0.05, 0.1) is 5.71 Å². The molecule has 82 valence electrons. The molecule has 0 atom stereocenters. The first kappa shape index (κ1) is 13.4. The molecule has 1 aromatic carbocycles. The van der Waals surface area contributed by atoms with Gasteiger partial charge < -0.3 is 11.5 Å². The zero-order valence-electron chi connectivity index (χ0n) is 8.14. The predicted octanol–water partition coefficient (Wildman–Crippen LogP) is 1.24. The van der Waals surface area contributed by atoms with E-state index in [0.29, 0.717) is 5.71 Å². The lowest BCUT2D eigenvalue weighted by Gasteiger charge is -1.97. The van der Waals surface area contributed by atoms with Crippen molar-refractivity contribution in [3.63, 3.8) is 0 Å². The maximum absolute atomic E-state index is 12.6. The number of halogens is 2. The monoisotopic (exact) mass is 230 g/mol. The molecule has 0 aliphatic rings. The summed E-state index contributed by atoms with van der Waals surface area (Å²) in [5, 5.41) is 7.25. The van der Waals surface area contributed by atoms with E-state index in [2.05, 4.69) is 10.2 Å². The molecule has 0 saturated carbocycles. The van der Waals surface area contributed by atoms with E-state index in [9.17, 15) is 4.39 Å². The molecule has 0 aliphatic heterocycles. The molecule has 0 aliphatic carbocycles. The number of rotatable bonds is 2. The maximum Gasteiger partial charge on any atom is 0.211 e. The van der Waals surface area contributed by atoms with Gasteiger partial charge in [0.25, 0.3) is 0 Å². The van der Waals surface area contributed by atoms with Gasteiger partial charge >= 0.3 is 0 Å². The Morgan fingerprint density at radius 3 is 2.13 bits per heavy atom. The van der Waals surface area contributed by atoms with E-state index in [1.165, 1.54) is 12.1 Å². The third kappa shape index (κ3) is 4.42. The lowest BCUT2D eigenvalue weighted by atomic mass is 10.1. The van der Waals surface area contributed by atoms with Crippen molar-refractivity contribution in [1.82, 2.24) is 0 Å². The maximum atomic E-state index is 12.6. The second-order valence-electron chi connectivity index (χ2n) is 2.72. The Hall–Kier alpha value is -1.62. The molecule has 0 spiro atoms. The highest BCUT2D eigenvalue weighted by Crippen LogP contribution is 2.04. The van der Waals surface area contributed by atoms with Gasteiger partial charge in [-0.05, 0) is 24.6 Å². The fourth-order valence-corrected chi connectivity index (χ4v) is 0.882. The lowest BCUT2D eigenvalue weighted by Crippen LogP contribution is -2.22. The van der Waals surface area contributed by atoms with Gasteiger partial charge in [-0.2, -0.15) is 5.10 Å². The van der Waals surface area contributed by atoms with Gasteiger partial charge in [-0.1, -0.05) is 12.1 Å². The quantitative estimate of drug-likeness (QED) is 0.456. The predicted molar refractivity (Wildman–Crippen MR) is 61.7 cm³/mol. The molecule has 0 fully saturated rings. The van der Waals surface area contributed by atoms with Crippen LogP contribution in [0.25, 0.3) is 0 Å². The van der Waals surface area contributed by atoms with E-state index in [1.54, 1.807) is 19.1 Å². The van der Waals surface area contributed by atoms with Crippen LogP contribution in [0, 0.1) is 5.82 Å². The van der Waals surface area contributed by atoms with E-state index in [0.717, 1.165) is 5.56 Å². The molecule has 4 nitrogen and oxygen atoms in total. The summed E-state index contributed by atoms with van der Waals surface area (Å²) in [4.78, 5) is 0. The molecular formula is C9H12ClFN4. The van der Waals surface area contributed by atoms with Crippen molar-refractivity contribution >= 4 is 24.1 Å². The molecule has 0 saturated heterocycles. The van der Waals surface area contributed by atoms with Crippen LogP contribution < -0.4 is 11.5 Å². The third-order valence-corrected chi connectivity index (χ3v) is 1.58. The van der Waals surface area contributed by atoms with E-state index in [4.69, 9.17) is 11.5 Å². The second-order valence-corrected chi connectivity index (χ2v) is 2.72. The smallest absolute Gasteiger partial charge is 0.211 e. The fourth-order valence-electron chi connectivity index (χ4n) is 0.882. The summed E-state index contributed by atoms with van der Waals surface area (Å²) in [6.45, 7) is 1.74. The lowest BCUT2D eigenvalue weighted by molar-refractivity contribution is 0.628. The van der Waals surface area contributed by atoms with E-state index >= 15 is 0 Å². The molecular weight excluding hydrogens is 219 g/mol. The first-order valence-electron chi connectivity index (χ1n) is 3.98. The Morgan fingerprint density at radius 2 is 1.67 bits per heavy atom. The van der Waals surface area contributed by atoms with E-state index < -0.39 is 0 Å². The van der Waals surface area contributed by atoms with Gasteiger partial charge in [-0.15, -0.1) is 17.5 Å². The summed E-state index contributed by atoms with van der Waals surface area (Å²) in [5.74, 6) is -0.394. The topological polar surface area (TPSA) is 76.8 Å². The van der Waals surface area contributed by atoms with Gasteiger partial charge in [0, 0.05) is 0 Å². The van der Waals surface area contributed by atoms with Crippen molar-refractivity contribution in [1.29, 1.82) is 0 Å². The molecule has 1 aromatic rings. The highest BCUT2D eigenvalue weighted by molar-refractivity contribution is 5.98. The van der Waals surface area contributed by atoms with Gasteiger partial charge in [-0.3, -0.25) is 0 Å². The van der Waals surface area contributed by atoms with Gasteiger partial charge in [-0.25, -0.2) is 4.39 Å². The van der Waals surface area contributed by atoms with Crippen molar-refractivity contribution in [2.75, 3.05) is 0 Å². The average molecular weight is 231 g/mol. The number of nitrogens with two attached hydrogens (primary N) is 2. The third-order valence-electron chi connectivity index (χ3n) is 1.58. The highest BCUT2D eigenvalue weighted by atomic mass is 35.5. The molecule has 0 amide bonds. The molecule has 0 unspecified atom stereocenters. The average Bonchev–Trinajstić information content (AvgIpc) is 2.15. The van der Waals surface area contributed by atoms with Gasteiger partial charge in [0.15, 0.2) is 0 Å². The standard InChI is InChI=1S/C9H11FN4.ClH/c1-6(13-14-9(11)12)7-2-4-8(10)5-3-7;/h2-5H,1H3,(H4,11,12,14);1H. The van der Waals surface area contributed by atoms with Crippen molar-refractivity contribution in [2.45, 2.75) is 6.92 Å². The first-order valence-corrected chi connectivity index (χ1v) is 3.98. The summed E-state index contributed by atoms with van der Waals surface area (Å²) in [5.41, 5.74) is 11.6. The molecule has 0 radical (unpaired) electrons. The molecule has 4 N–H and O–H groups in total. The molecule has 0 heterocycles.